The highest BCUT2D eigenvalue weighted by Crippen LogP contribution is 2.38. The van der Waals surface area contributed by atoms with Gasteiger partial charge >= 0.3 is 0 Å². The summed E-state index contributed by atoms with van der Waals surface area (Å²) in [6.45, 7) is 9.59. The Bertz CT molecular complexity index is 244. The van der Waals surface area contributed by atoms with E-state index >= 15 is 0 Å². The molecule has 1 saturated heterocycles. The monoisotopic (exact) mass is 207 g/mol. The van der Waals surface area contributed by atoms with Crippen LogP contribution >= 0.6 is 0 Å². The Morgan fingerprint density at radius 1 is 1.33 bits per heavy atom. The molecule has 1 fully saturated rings. The van der Waals surface area contributed by atoms with E-state index in [0.717, 1.165) is 23.7 Å². The van der Waals surface area contributed by atoms with E-state index in [1.54, 1.807) is 5.57 Å². The average Bonchev–Trinajstić information content (AvgIpc) is 2.16. The molecule has 0 aromatic heterocycles. The first kappa shape index (κ1) is 11.2. The molecule has 0 aromatic rings. The Balaban J connectivity index is 2.01. The number of piperidine rings is 1. The van der Waals surface area contributed by atoms with Crippen LogP contribution in [0.1, 0.15) is 40.0 Å². The fraction of sp³-hybridized carbons (Fsp3) is 0.857. The standard InChI is InChI=1S/C14H25N/c1-10-6-11(2)8-13(7-10)14-4-5-15-9-12(14)3/h6,10,12-15H,4-5,7-9H2,1-3H3. The van der Waals surface area contributed by atoms with Crippen LogP contribution in [-0.4, -0.2) is 13.1 Å². The first-order chi connectivity index (χ1) is 7.16. The van der Waals surface area contributed by atoms with Crippen molar-refractivity contribution in [3.8, 4) is 0 Å². The molecule has 86 valence electrons. The highest BCUT2D eigenvalue weighted by molar-refractivity contribution is 5.07. The summed E-state index contributed by atoms with van der Waals surface area (Å²) in [4.78, 5) is 0. The van der Waals surface area contributed by atoms with E-state index in [1.165, 1.54) is 32.4 Å². The molecule has 0 spiro atoms. The van der Waals surface area contributed by atoms with Crippen molar-refractivity contribution in [2.24, 2.45) is 23.7 Å². The highest BCUT2D eigenvalue weighted by atomic mass is 14.9. The number of allylic oxidation sites excluding steroid dienone is 2. The van der Waals surface area contributed by atoms with Crippen molar-refractivity contribution >= 4 is 0 Å². The summed E-state index contributed by atoms with van der Waals surface area (Å²) < 4.78 is 0. The molecule has 4 unspecified atom stereocenters. The van der Waals surface area contributed by atoms with Crippen LogP contribution in [0.25, 0.3) is 0 Å². The smallest absolute Gasteiger partial charge is 0.00204 e. The van der Waals surface area contributed by atoms with Crippen molar-refractivity contribution in [2.75, 3.05) is 13.1 Å². The molecule has 4 atom stereocenters. The largest absolute Gasteiger partial charge is 0.316 e. The van der Waals surface area contributed by atoms with Gasteiger partial charge in [-0.05, 0) is 62.9 Å². The predicted octanol–water partition coefficient (Wildman–Crippen LogP) is 3.22. The Morgan fingerprint density at radius 2 is 2.13 bits per heavy atom. The lowest BCUT2D eigenvalue weighted by molar-refractivity contribution is 0.162. The van der Waals surface area contributed by atoms with Gasteiger partial charge < -0.3 is 5.32 Å². The van der Waals surface area contributed by atoms with E-state index in [9.17, 15) is 0 Å². The van der Waals surface area contributed by atoms with E-state index < -0.39 is 0 Å². The summed E-state index contributed by atoms with van der Waals surface area (Å²) in [5.74, 6) is 3.62. The SMILES string of the molecule is CC1=CC(C)CC(C2CCNCC2C)C1. The maximum absolute atomic E-state index is 3.51. The van der Waals surface area contributed by atoms with Gasteiger partial charge in [-0.25, -0.2) is 0 Å². The van der Waals surface area contributed by atoms with Crippen LogP contribution in [0.3, 0.4) is 0 Å². The second-order valence-corrected chi connectivity index (χ2v) is 5.82. The summed E-state index contributed by atoms with van der Waals surface area (Å²) >= 11 is 0. The lowest BCUT2D eigenvalue weighted by atomic mass is 9.70. The Hall–Kier alpha value is -0.300. The minimum Gasteiger partial charge on any atom is -0.316 e. The maximum Gasteiger partial charge on any atom is -0.00204 e. The molecule has 15 heavy (non-hydrogen) atoms. The van der Waals surface area contributed by atoms with Crippen molar-refractivity contribution in [3.63, 3.8) is 0 Å². The summed E-state index contributed by atoms with van der Waals surface area (Å²) in [5.41, 5.74) is 1.63. The van der Waals surface area contributed by atoms with Gasteiger partial charge in [-0.15, -0.1) is 0 Å². The quantitative estimate of drug-likeness (QED) is 0.651. The van der Waals surface area contributed by atoms with E-state index in [1.807, 2.05) is 0 Å². The second-order valence-electron chi connectivity index (χ2n) is 5.82. The average molecular weight is 207 g/mol. The fourth-order valence-electron chi connectivity index (χ4n) is 3.66. The van der Waals surface area contributed by atoms with Crippen molar-refractivity contribution in [2.45, 2.75) is 40.0 Å². The molecule has 0 bridgehead atoms. The van der Waals surface area contributed by atoms with Crippen molar-refractivity contribution in [3.05, 3.63) is 11.6 Å². The predicted molar refractivity (Wildman–Crippen MR) is 65.8 cm³/mol. The molecular weight excluding hydrogens is 182 g/mol. The van der Waals surface area contributed by atoms with E-state index in [4.69, 9.17) is 0 Å². The lowest BCUT2D eigenvalue weighted by Gasteiger charge is -2.39. The number of nitrogens with one attached hydrogen (secondary N) is 1. The minimum atomic E-state index is 0.811. The molecule has 1 nitrogen and oxygen atoms in total. The van der Waals surface area contributed by atoms with E-state index in [0.29, 0.717) is 0 Å². The van der Waals surface area contributed by atoms with Gasteiger partial charge in [0.05, 0.1) is 0 Å². The summed E-state index contributed by atoms with van der Waals surface area (Å²) in [5, 5.41) is 3.51. The highest BCUT2D eigenvalue weighted by Gasteiger charge is 2.31. The third-order valence-electron chi connectivity index (χ3n) is 4.28. The van der Waals surface area contributed by atoms with Crippen LogP contribution in [-0.2, 0) is 0 Å². The van der Waals surface area contributed by atoms with Gasteiger partial charge in [0.15, 0.2) is 0 Å². The van der Waals surface area contributed by atoms with Crippen LogP contribution in [0.4, 0.5) is 0 Å². The van der Waals surface area contributed by atoms with Crippen LogP contribution in [0.5, 0.6) is 0 Å². The van der Waals surface area contributed by atoms with Crippen molar-refractivity contribution in [1.29, 1.82) is 0 Å². The molecular formula is C14H25N. The second kappa shape index (κ2) is 4.69. The van der Waals surface area contributed by atoms with Crippen molar-refractivity contribution < 1.29 is 0 Å². The molecule has 0 saturated carbocycles. The van der Waals surface area contributed by atoms with Gasteiger partial charge in [0.2, 0.25) is 0 Å². The van der Waals surface area contributed by atoms with Crippen LogP contribution < -0.4 is 5.32 Å². The van der Waals surface area contributed by atoms with Gasteiger partial charge in [-0.1, -0.05) is 25.5 Å². The van der Waals surface area contributed by atoms with Crippen LogP contribution in [0.2, 0.25) is 0 Å². The minimum absolute atomic E-state index is 0.811. The third-order valence-corrected chi connectivity index (χ3v) is 4.28. The molecule has 1 N–H and O–H groups in total. The number of rotatable bonds is 1. The molecule has 0 aromatic carbocycles. The zero-order valence-electron chi connectivity index (χ0n) is 10.4. The van der Waals surface area contributed by atoms with E-state index in [2.05, 4.69) is 32.2 Å². The Labute approximate surface area is 94.3 Å². The van der Waals surface area contributed by atoms with Crippen LogP contribution in [0, 0.1) is 23.7 Å². The molecule has 2 aliphatic rings. The Kier molecular flexibility index (Phi) is 3.50. The third kappa shape index (κ3) is 2.63. The first-order valence-electron chi connectivity index (χ1n) is 6.55. The van der Waals surface area contributed by atoms with Gasteiger partial charge in [-0.2, -0.15) is 0 Å². The van der Waals surface area contributed by atoms with E-state index in [-0.39, 0.29) is 0 Å². The number of hydrogen-bond acceptors (Lipinski definition) is 1. The van der Waals surface area contributed by atoms with Gasteiger partial charge in [-0.3, -0.25) is 0 Å². The zero-order chi connectivity index (χ0) is 10.8. The topological polar surface area (TPSA) is 12.0 Å². The van der Waals surface area contributed by atoms with Crippen molar-refractivity contribution in [1.82, 2.24) is 5.32 Å². The van der Waals surface area contributed by atoms with Gasteiger partial charge in [0.25, 0.3) is 0 Å². The van der Waals surface area contributed by atoms with Gasteiger partial charge in [0.1, 0.15) is 0 Å². The molecule has 0 amide bonds. The summed E-state index contributed by atoms with van der Waals surface area (Å²) in [7, 11) is 0. The molecule has 2 rings (SSSR count). The molecule has 1 aliphatic carbocycles. The van der Waals surface area contributed by atoms with Gasteiger partial charge in [0, 0.05) is 0 Å². The fourth-order valence-corrected chi connectivity index (χ4v) is 3.66. The maximum atomic E-state index is 3.51. The lowest BCUT2D eigenvalue weighted by Crippen LogP contribution is -2.39. The molecule has 0 radical (unpaired) electrons. The first-order valence-corrected chi connectivity index (χ1v) is 6.55. The molecule has 1 heteroatoms. The summed E-state index contributed by atoms with van der Waals surface area (Å²) in [6.07, 6.45) is 6.65. The van der Waals surface area contributed by atoms with Crippen LogP contribution in [0.15, 0.2) is 11.6 Å². The zero-order valence-corrected chi connectivity index (χ0v) is 10.4. The Morgan fingerprint density at radius 3 is 2.80 bits per heavy atom. The molecule has 1 aliphatic heterocycles. The normalized spacial score (nSPS) is 42.5. The number of hydrogen-bond donors (Lipinski definition) is 1. The molecule has 1 heterocycles. The summed E-state index contributed by atoms with van der Waals surface area (Å²) in [6, 6.07) is 0.